The minimum atomic E-state index is -0.296. The Kier molecular flexibility index (Phi) is 4.62. The average Bonchev–Trinajstić information content (AvgIpc) is 2.20. The number of rotatable bonds is 4. The van der Waals surface area contributed by atoms with Crippen molar-refractivity contribution in [3.63, 3.8) is 0 Å². The van der Waals surface area contributed by atoms with Crippen LogP contribution in [0, 0.1) is 12.8 Å². The fourth-order valence-corrected chi connectivity index (χ4v) is 1.83. The fraction of sp³-hybridized carbons (Fsp3) is 0.538. The third-order valence-corrected chi connectivity index (χ3v) is 3.29. The summed E-state index contributed by atoms with van der Waals surface area (Å²) in [5.74, 6) is 0.322. The first-order valence-electron chi connectivity index (χ1n) is 5.47. The largest absolute Gasteiger partial charge is 0.393 e. The van der Waals surface area contributed by atoms with Crippen LogP contribution in [0.2, 0.25) is 5.02 Å². The smallest absolute Gasteiger partial charge is 0.0606 e. The Bertz CT molecular complexity index is 322. The summed E-state index contributed by atoms with van der Waals surface area (Å²) in [6.45, 7) is 6.16. The molecule has 1 rings (SSSR count). The summed E-state index contributed by atoms with van der Waals surface area (Å²) in [4.78, 5) is 0. The van der Waals surface area contributed by atoms with Crippen LogP contribution in [-0.2, 0) is 6.42 Å². The van der Waals surface area contributed by atoms with Crippen LogP contribution in [0.5, 0.6) is 0 Å². The molecule has 1 aromatic carbocycles. The van der Waals surface area contributed by atoms with Crippen molar-refractivity contribution in [3.05, 3.63) is 34.3 Å². The lowest BCUT2D eigenvalue weighted by Gasteiger charge is -2.17. The van der Waals surface area contributed by atoms with Gasteiger partial charge < -0.3 is 5.11 Å². The molecule has 0 aliphatic rings. The molecule has 0 radical (unpaired) electrons. The van der Waals surface area contributed by atoms with Crippen LogP contribution in [0.3, 0.4) is 0 Å². The Balaban J connectivity index is 2.72. The normalized spacial score (nSPS) is 15.0. The van der Waals surface area contributed by atoms with Gasteiger partial charge in [0.1, 0.15) is 0 Å². The number of aliphatic hydroxyl groups excluding tert-OH is 1. The SMILES string of the molecule is CCC(C)C(O)Cc1ccc(C)cc1Cl. The Morgan fingerprint density at radius 1 is 1.40 bits per heavy atom. The van der Waals surface area contributed by atoms with Crippen LogP contribution in [0.25, 0.3) is 0 Å². The molecule has 2 atom stereocenters. The Hall–Kier alpha value is -0.530. The van der Waals surface area contributed by atoms with Gasteiger partial charge in [-0.05, 0) is 30.0 Å². The maximum absolute atomic E-state index is 9.91. The van der Waals surface area contributed by atoms with Crippen molar-refractivity contribution in [1.82, 2.24) is 0 Å². The highest BCUT2D eigenvalue weighted by atomic mass is 35.5. The molecule has 0 aromatic heterocycles. The van der Waals surface area contributed by atoms with Gasteiger partial charge in [0.05, 0.1) is 6.10 Å². The van der Waals surface area contributed by atoms with Gasteiger partial charge in [0.25, 0.3) is 0 Å². The highest BCUT2D eigenvalue weighted by molar-refractivity contribution is 6.31. The van der Waals surface area contributed by atoms with E-state index in [0.29, 0.717) is 12.3 Å². The van der Waals surface area contributed by atoms with E-state index in [1.54, 1.807) is 0 Å². The summed E-state index contributed by atoms with van der Waals surface area (Å²) in [6, 6.07) is 5.98. The zero-order chi connectivity index (χ0) is 11.4. The van der Waals surface area contributed by atoms with Crippen molar-refractivity contribution in [3.8, 4) is 0 Å². The van der Waals surface area contributed by atoms with E-state index < -0.39 is 0 Å². The van der Waals surface area contributed by atoms with E-state index in [4.69, 9.17) is 11.6 Å². The van der Waals surface area contributed by atoms with Crippen molar-refractivity contribution in [2.45, 2.75) is 39.7 Å². The molecule has 0 heterocycles. The standard InChI is InChI=1S/C13H19ClO/c1-4-10(3)13(15)8-11-6-5-9(2)7-12(11)14/h5-7,10,13,15H,4,8H2,1-3H3. The number of halogens is 1. The fourth-order valence-electron chi connectivity index (χ4n) is 1.52. The molecule has 0 aliphatic heterocycles. The molecule has 0 amide bonds. The van der Waals surface area contributed by atoms with Crippen LogP contribution in [-0.4, -0.2) is 11.2 Å². The summed E-state index contributed by atoms with van der Waals surface area (Å²) in [7, 11) is 0. The van der Waals surface area contributed by atoms with Gasteiger partial charge in [-0.3, -0.25) is 0 Å². The summed E-state index contributed by atoms with van der Waals surface area (Å²) >= 11 is 6.11. The van der Waals surface area contributed by atoms with Crippen LogP contribution in [0.15, 0.2) is 18.2 Å². The van der Waals surface area contributed by atoms with Gasteiger partial charge in [-0.15, -0.1) is 0 Å². The Morgan fingerprint density at radius 2 is 2.07 bits per heavy atom. The molecule has 0 aliphatic carbocycles. The maximum Gasteiger partial charge on any atom is 0.0606 e. The highest BCUT2D eigenvalue weighted by Gasteiger charge is 2.14. The van der Waals surface area contributed by atoms with Crippen molar-refractivity contribution < 1.29 is 5.11 Å². The van der Waals surface area contributed by atoms with Crippen molar-refractivity contribution >= 4 is 11.6 Å². The Labute approximate surface area is 97.1 Å². The summed E-state index contributed by atoms with van der Waals surface area (Å²) in [6.07, 6.45) is 1.34. The number of aliphatic hydroxyl groups is 1. The lowest BCUT2D eigenvalue weighted by molar-refractivity contribution is 0.115. The van der Waals surface area contributed by atoms with E-state index in [1.807, 2.05) is 25.1 Å². The molecular weight excluding hydrogens is 208 g/mol. The first kappa shape index (κ1) is 12.5. The highest BCUT2D eigenvalue weighted by Crippen LogP contribution is 2.21. The second kappa shape index (κ2) is 5.53. The summed E-state index contributed by atoms with van der Waals surface area (Å²) in [5, 5.41) is 10.7. The minimum absolute atomic E-state index is 0.296. The predicted molar refractivity (Wildman–Crippen MR) is 65.4 cm³/mol. The molecule has 0 bridgehead atoms. The predicted octanol–water partition coefficient (Wildman–Crippen LogP) is 3.60. The zero-order valence-corrected chi connectivity index (χ0v) is 10.4. The molecule has 0 fully saturated rings. The van der Waals surface area contributed by atoms with E-state index in [2.05, 4.69) is 13.8 Å². The molecule has 84 valence electrons. The van der Waals surface area contributed by atoms with Gasteiger partial charge in [0.2, 0.25) is 0 Å². The Morgan fingerprint density at radius 3 is 2.60 bits per heavy atom. The second-order valence-corrected chi connectivity index (χ2v) is 4.66. The van der Waals surface area contributed by atoms with Crippen LogP contribution >= 0.6 is 11.6 Å². The van der Waals surface area contributed by atoms with Gasteiger partial charge in [0.15, 0.2) is 0 Å². The summed E-state index contributed by atoms with van der Waals surface area (Å²) < 4.78 is 0. The minimum Gasteiger partial charge on any atom is -0.393 e. The monoisotopic (exact) mass is 226 g/mol. The van der Waals surface area contributed by atoms with E-state index in [1.165, 1.54) is 0 Å². The van der Waals surface area contributed by atoms with E-state index in [9.17, 15) is 5.11 Å². The van der Waals surface area contributed by atoms with Crippen molar-refractivity contribution in [2.24, 2.45) is 5.92 Å². The topological polar surface area (TPSA) is 20.2 Å². The van der Waals surface area contributed by atoms with Crippen molar-refractivity contribution in [1.29, 1.82) is 0 Å². The molecule has 0 saturated heterocycles. The third-order valence-electron chi connectivity index (χ3n) is 2.94. The second-order valence-electron chi connectivity index (χ2n) is 4.25. The van der Waals surface area contributed by atoms with Crippen molar-refractivity contribution in [2.75, 3.05) is 0 Å². The maximum atomic E-state index is 9.91. The number of hydrogen-bond donors (Lipinski definition) is 1. The molecular formula is C13H19ClO. The first-order chi connectivity index (χ1) is 7.04. The number of hydrogen-bond acceptors (Lipinski definition) is 1. The van der Waals surface area contributed by atoms with Gasteiger partial charge in [-0.1, -0.05) is 44.0 Å². The number of benzene rings is 1. The average molecular weight is 227 g/mol. The van der Waals surface area contributed by atoms with Gasteiger partial charge >= 0.3 is 0 Å². The quantitative estimate of drug-likeness (QED) is 0.832. The third kappa shape index (κ3) is 3.51. The van der Waals surface area contributed by atoms with Gasteiger partial charge in [0, 0.05) is 11.4 Å². The van der Waals surface area contributed by atoms with E-state index >= 15 is 0 Å². The molecule has 2 unspecified atom stereocenters. The van der Waals surface area contributed by atoms with Crippen LogP contribution < -0.4 is 0 Å². The zero-order valence-electron chi connectivity index (χ0n) is 9.63. The molecule has 1 aromatic rings. The van der Waals surface area contributed by atoms with E-state index in [0.717, 1.165) is 22.6 Å². The van der Waals surface area contributed by atoms with Gasteiger partial charge in [-0.2, -0.15) is 0 Å². The van der Waals surface area contributed by atoms with Crippen LogP contribution in [0.4, 0.5) is 0 Å². The van der Waals surface area contributed by atoms with Crippen LogP contribution in [0.1, 0.15) is 31.4 Å². The molecule has 15 heavy (non-hydrogen) atoms. The van der Waals surface area contributed by atoms with E-state index in [-0.39, 0.29) is 6.10 Å². The molecule has 2 heteroatoms. The first-order valence-corrected chi connectivity index (χ1v) is 5.85. The molecule has 1 nitrogen and oxygen atoms in total. The molecule has 0 spiro atoms. The molecule has 1 N–H and O–H groups in total. The summed E-state index contributed by atoms with van der Waals surface area (Å²) in [5.41, 5.74) is 2.19. The molecule has 0 saturated carbocycles. The lowest BCUT2D eigenvalue weighted by atomic mass is 9.95. The lowest BCUT2D eigenvalue weighted by Crippen LogP contribution is -2.19. The van der Waals surface area contributed by atoms with Gasteiger partial charge in [-0.25, -0.2) is 0 Å². The number of aryl methyl sites for hydroxylation is 1.